The zero-order valence-electron chi connectivity index (χ0n) is 9.36. The predicted molar refractivity (Wildman–Crippen MR) is 60.4 cm³/mol. The molecule has 82 valence electrons. The van der Waals surface area contributed by atoms with Crippen LogP contribution in [0.2, 0.25) is 0 Å². The maximum atomic E-state index is 9.20. The van der Waals surface area contributed by atoms with Crippen molar-refractivity contribution in [2.75, 3.05) is 6.61 Å². The third-order valence-corrected chi connectivity index (χ3v) is 3.07. The summed E-state index contributed by atoms with van der Waals surface area (Å²) < 4.78 is 5.87. The third-order valence-electron chi connectivity index (χ3n) is 3.07. The van der Waals surface area contributed by atoms with Crippen LogP contribution in [0.3, 0.4) is 0 Å². The van der Waals surface area contributed by atoms with Crippen molar-refractivity contribution in [2.45, 2.75) is 38.7 Å². The van der Waals surface area contributed by atoms with Crippen molar-refractivity contribution in [3.8, 4) is 5.75 Å². The van der Waals surface area contributed by atoms with E-state index in [1.54, 1.807) is 0 Å². The number of ether oxygens (including phenoxy) is 1. The smallest absolute Gasteiger partial charge is 0.126 e. The molecule has 0 bridgehead atoms. The molecule has 0 aromatic heterocycles. The first-order chi connectivity index (χ1) is 7.22. The highest BCUT2D eigenvalue weighted by atomic mass is 16.5. The second-order valence-corrected chi connectivity index (χ2v) is 4.39. The number of aliphatic hydroxyl groups excluding tert-OH is 1. The fourth-order valence-electron chi connectivity index (χ4n) is 2.05. The fourth-order valence-corrected chi connectivity index (χ4v) is 2.05. The standard InChI is InChI=1S/C13H18O2/c1-9(8-14)12-5-3-4-11-7-6-10(2)15-13(11)12/h3-5,9-10,14H,6-8H2,1-2H3. The largest absolute Gasteiger partial charge is 0.490 e. The monoisotopic (exact) mass is 206 g/mol. The zero-order chi connectivity index (χ0) is 10.8. The molecule has 1 aliphatic heterocycles. The Morgan fingerprint density at radius 3 is 3.07 bits per heavy atom. The van der Waals surface area contributed by atoms with Crippen LogP contribution in [0, 0.1) is 0 Å². The van der Waals surface area contributed by atoms with E-state index in [0.717, 1.165) is 24.2 Å². The Labute approximate surface area is 90.9 Å². The van der Waals surface area contributed by atoms with Crippen LogP contribution in [0.1, 0.15) is 37.3 Å². The number of para-hydroxylation sites is 1. The van der Waals surface area contributed by atoms with E-state index in [0.29, 0.717) is 6.10 Å². The number of hydrogen-bond donors (Lipinski definition) is 1. The third kappa shape index (κ3) is 2.00. The number of fused-ring (bicyclic) bond motifs is 1. The molecule has 2 atom stereocenters. The number of benzene rings is 1. The Morgan fingerprint density at radius 1 is 1.53 bits per heavy atom. The second-order valence-electron chi connectivity index (χ2n) is 4.39. The lowest BCUT2D eigenvalue weighted by molar-refractivity contribution is 0.186. The molecule has 2 nitrogen and oxygen atoms in total. The van der Waals surface area contributed by atoms with E-state index in [1.807, 2.05) is 6.92 Å². The van der Waals surface area contributed by atoms with Gasteiger partial charge in [-0.2, -0.15) is 0 Å². The van der Waals surface area contributed by atoms with Crippen LogP contribution >= 0.6 is 0 Å². The lowest BCUT2D eigenvalue weighted by Crippen LogP contribution is -2.20. The van der Waals surface area contributed by atoms with Gasteiger partial charge in [-0.3, -0.25) is 0 Å². The van der Waals surface area contributed by atoms with Gasteiger partial charge in [0.05, 0.1) is 6.10 Å². The highest BCUT2D eigenvalue weighted by molar-refractivity contribution is 5.44. The van der Waals surface area contributed by atoms with Gasteiger partial charge in [0.1, 0.15) is 5.75 Å². The van der Waals surface area contributed by atoms with Crippen LogP contribution in [0.4, 0.5) is 0 Å². The minimum atomic E-state index is 0.158. The minimum absolute atomic E-state index is 0.158. The van der Waals surface area contributed by atoms with Gasteiger partial charge < -0.3 is 9.84 Å². The molecule has 1 aromatic rings. The summed E-state index contributed by atoms with van der Waals surface area (Å²) in [5.41, 5.74) is 2.42. The summed E-state index contributed by atoms with van der Waals surface area (Å²) in [4.78, 5) is 0. The van der Waals surface area contributed by atoms with Gasteiger partial charge in [0.2, 0.25) is 0 Å². The minimum Gasteiger partial charge on any atom is -0.490 e. The Balaban J connectivity index is 2.39. The van der Waals surface area contributed by atoms with E-state index in [9.17, 15) is 5.11 Å². The highest BCUT2D eigenvalue weighted by Gasteiger charge is 2.21. The molecule has 0 fully saturated rings. The number of hydrogen-bond acceptors (Lipinski definition) is 2. The van der Waals surface area contributed by atoms with Crippen molar-refractivity contribution < 1.29 is 9.84 Å². The topological polar surface area (TPSA) is 29.5 Å². The fraction of sp³-hybridized carbons (Fsp3) is 0.538. The molecule has 0 amide bonds. The molecule has 15 heavy (non-hydrogen) atoms. The Bertz CT molecular complexity index is 346. The first kappa shape index (κ1) is 10.5. The molecule has 1 N–H and O–H groups in total. The van der Waals surface area contributed by atoms with Crippen molar-refractivity contribution in [3.63, 3.8) is 0 Å². The van der Waals surface area contributed by atoms with E-state index in [2.05, 4.69) is 25.1 Å². The average molecular weight is 206 g/mol. The molecule has 0 saturated heterocycles. The molecule has 1 aliphatic rings. The summed E-state index contributed by atoms with van der Waals surface area (Å²) >= 11 is 0. The van der Waals surface area contributed by atoms with Gasteiger partial charge in [-0.15, -0.1) is 0 Å². The van der Waals surface area contributed by atoms with Crippen LogP contribution < -0.4 is 4.74 Å². The van der Waals surface area contributed by atoms with Crippen LogP contribution in [-0.2, 0) is 6.42 Å². The summed E-state index contributed by atoms with van der Waals surface area (Å²) in [7, 11) is 0. The van der Waals surface area contributed by atoms with Crippen LogP contribution in [0.15, 0.2) is 18.2 Å². The summed E-state index contributed by atoms with van der Waals surface area (Å²) in [6.45, 7) is 4.30. The van der Waals surface area contributed by atoms with Crippen LogP contribution in [-0.4, -0.2) is 17.8 Å². The van der Waals surface area contributed by atoms with Crippen molar-refractivity contribution >= 4 is 0 Å². The Hall–Kier alpha value is -1.02. The lowest BCUT2D eigenvalue weighted by atomic mass is 9.94. The van der Waals surface area contributed by atoms with Crippen LogP contribution in [0.5, 0.6) is 5.75 Å². The van der Waals surface area contributed by atoms with Gasteiger partial charge in [-0.25, -0.2) is 0 Å². The number of rotatable bonds is 2. The normalized spacial score (nSPS) is 21.7. The Morgan fingerprint density at radius 2 is 2.33 bits per heavy atom. The van der Waals surface area contributed by atoms with Crippen molar-refractivity contribution in [1.29, 1.82) is 0 Å². The molecule has 2 unspecified atom stereocenters. The molecule has 0 spiro atoms. The van der Waals surface area contributed by atoms with Gasteiger partial charge in [-0.05, 0) is 30.9 Å². The van der Waals surface area contributed by atoms with Crippen molar-refractivity contribution in [3.05, 3.63) is 29.3 Å². The highest BCUT2D eigenvalue weighted by Crippen LogP contribution is 2.35. The SMILES string of the molecule is CC1CCc2cccc(C(C)CO)c2O1. The maximum absolute atomic E-state index is 9.20. The zero-order valence-corrected chi connectivity index (χ0v) is 9.36. The molecule has 1 aromatic carbocycles. The average Bonchev–Trinajstić information content (AvgIpc) is 2.27. The summed E-state index contributed by atoms with van der Waals surface area (Å²) in [5.74, 6) is 1.17. The van der Waals surface area contributed by atoms with E-state index in [-0.39, 0.29) is 12.5 Å². The summed E-state index contributed by atoms with van der Waals surface area (Å²) in [6, 6.07) is 6.23. The molecule has 1 heterocycles. The molecule has 0 saturated carbocycles. The van der Waals surface area contributed by atoms with Gasteiger partial charge in [0.15, 0.2) is 0 Å². The molecular formula is C13H18O2. The van der Waals surface area contributed by atoms with Gasteiger partial charge in [0.25, 0.3) is 0 Å². The molecule has 0 aliphatic carbocycles. The van der Waals surface area contributed by atoms with Gasteiger partial charge in [-0.1, -0.05) is 25.1 Å². The summed E-state index contributed by atoms with van der Waals surface area (Å²) in [6.07, 6.45) is 2.47. The van der Waals surface area contributed by atoms with Crippen molar-refractivity contribution in [2.24, 2.45) is 0 Å². The molecule has 0 radical (unpaired) electrons. The number of aliphatic hydroxyl groups is 1. The van der Waals surface area contributed by atoms with Crippen LogP contribution in [0.25, 0.3) is 0 Å². The molecule has 2 heteroatoms. The molecule has 2 rings (SSSR count). The van der Waals surface area contributed by atoms with Gasteiger partial charge >= 0.3 is 0 Å². The lowest BCUT2D eigenvalue weighted by Gasteiger charge is -2.27. The molecular weight excluding hydrogens is 188 g/mol. The van der Waals surface area contributed by atoms with Crippen molar-refractivity contribution in [1.82, 2.24) is 0 Å². The van der Waals surface area contributed by atoms with Gasteiger partial charge in [0, 0.05) is 12.5 Å². The van der Waals surface area contributed by atoms with E-state index >= 15 is 0 Å². The Kier molecular flexibility index (Phi) is 2.96. The van der Waals surface area contributed by atoms with E-state index < -0.39 is 0 Å². The summed E-state index contributed by atoms with van der Waals surface area (Å²) in [5, 5.41) is 9.20. The number of aryl methyl sites for hydroxylation is 1. The predicted octanol–water partition coefficient (Wildman–Crippen LogP) is 2.50. The maximum Gasteiger partial charge on any atom is 0.126 e. The first-order valence-electron chi connectivity index (χ1n) is 5.61. The second kappa shape index (κ2) is 4.23. The van der Waals surface area contributed by atoms with E-state index in [1.165, 1.54) is 5.56 Å². The van der Waals surface area contributed by atoms with E-state index in [4.69, 9.17) is 4.74 Å². The first-order valence-corrected chi connectivity index (χ1v) is 5.61. The quantitative estimate of drug-likeness (QED) is 0.805.